The van der Waals surface area contributed by atoms with E-state index >= 15 is 0 Å². The molecule has 7 rings (SSSR count). The number of hydrogen-bond donors (Lipinski definition) is 1. The summed E-state index contributed by atoms with van der Waals surface area (Å²) in [6.07, 6.45) is 1.13. The standard InChI is InChI=1S/C32H27N5O6/c38-29(22-12-6-2-7-13-22)36-27-24-28(34-19-33-27)37(20-35-24)30-25-26(40-16-21-10-4-1-5-11-21)32(43-30,17-41-25)18-42-31(39)23-14-8-3-9-15-23/h1-15,19-20,25-26,30H,16-18H2,(H,33,34,36,38)/t25-,26+,30-,32-/m1/s1. The molecule has 3 aromatic carbocycles. The topological polar surface area (TPSA) is 127 Å². The highest BCUT2D eigenvalue weighted by Crippen LogP contribution is 2.48. The summed E-state index contributed by atoms with van der Waals surface area (Å²) in [6.45, 7) is 0.418. The predicted octanol–water partition coefficient (Wildman–Crippen LogP) is 4.19. The SMILES string of the molecule is O=C(Nc1ncnc2c1ncn2[C@@H]1O[C@@]2(COC(=O)c3ccccc3)CO[C@@H]1[C@@H]2OCc1ccccc1)c1ccccc1. The van der Waals surface area contributed by atoms with Gasteiger partial charge in [0, 0.05) is 5.56 Å². The summed E-state index contributed by atoms with van der Waals surface area (Å²) in [4.78, 5) is 38.9. The van der Waals surface area contributed by atoms with Gasteiger partial charge >= 0.3 is 5.97 Å². The van der Waals surface area contributed by atoms with Crippen LogP contribution in [-0.4, -0.2) is 62.4 Å². The summed E-state index contributed by atoms with van der Waals surface area (Å²) in [6, 6.07) is 27.4. The molecule has 0 spiro atoms. The van der Waals surface area contributed by atoms with Crippen molar-refractivity contribution in [1.29, 1.82) is 0 Å². The number of imidazole rings is 1. The van der Waals surface area contributed by atoms with E-state index in [1.54, 1.807) is 59.4 Å². The van der Waals surface area contributed by atoms with Crippen LogP contribution in [0.5, 0.6) is 0 Å². The van der Waals surface area contributed by atoms with Gasteiger partial charge in [0.25, 0.3) is 5.91 Å². The maximum atomic E-state index is 12.8. The normalized spacial score (nSPS) is 22.5. The van der Waals surface area contributed by atoms with Gasteiger partial charge in [-0.15, -0.1) is 0 Å². The first-order chi connectivity index (χ1) is 21.1. The lowest BCUT2D eigenvalue weighted by Crippen LogP contribution is -2.46. The number of fused-ring (bicyclic) bond motifs is 3. The second-order valence-corrected chi connectivity index (χ2v) is 10.4. The highest BCUT2D eigenvalue weighted by Gasteiger charge is 2.64. The zero-order chi connectivity index (χ0) is 29.2. The second kappa shape index (κ2) is 11.4. The summed E-state index contributed by atoms with van der Waals surface area (Å²) >= 11 is 0. The van der Waals surface area contributed by atoms with Crippen molar-refractivity contribution in [2.75, 3.05) is 18.5 Å². The van der Waals surface area contributed by atoms with Gasteiger partial charge < -0.3 is 24.3 Å². The molecule has 1 amide bonds. The lowest BCUT2D eigenvalue weighted by Gasteiger charge is -2.31. The molecule has 2 saturated heterocycles. The number of esters is 1. The van der Waals surface area contributed by atoms with E-state index in [0.29, 0.717) is 28.9 Å². The van der Waals surface area contributed by atoms with Crippen LogP contribution < -0.4 is 5.32 Å². The largest absolute Gasteiger partial charge is 0.459 e. The number of carbonyl (C=O) groups excluding carboxylic acids is 2. The summed E-state index contributed by atoms with van der Waals surface area (Å²) in [5, 5.41) is 2.82. The maximum Gasteiger partial charge on any atom is 0.338 e. The van der Waals surface area contributed by atoms with E-state index in [9.17, 15) is 9.59 Å². The van der Waals surface area contributed by atoms with Crippen molar-refractivity contribution in [3.8, 4) is 0 Å². The van der Waals surface area contributed by atoms with Crippen molar-refractivity contribution in [1.82, 2.24) is 19.5 Å². The molecule has 1 N–H and O–H groups in total. The Morgan fingerprint density at radius 2 is 1.60 bits per heavy atom. The molecule has 11 heteroatoms. The Morgan fingerprint density at radius 1 is 0.907 bits per heavy atom. The Labute approximate surface area is 246 Å². The van der Waals surface area contributed by atoms with Crippen LogP contribution in [0.1, 0.15) is 32.5 Å². The van der Waals surface area contributed by atoms with Gasteiger partial charge in [-0.25, -0.2) is 19.7 Å². The van der Waals surface area contributed by atoms with Gasteiger partial charge in [-0.05, 0) is 29.8 Å². The molecule has 2 aliphatic rings. The number of ether oxygens (including phenoxy) is 4. The summed E-state index contributed by atoms with van der Waals surface area (Å²) in [5.41, 5.74) is 1.68. The van der Waals surface area contributed by atoms with Crippen molar-refractivity contribution >= 4 is 28.9 Å². The van der Waals surface area contributed by atoms with Crippen LogP contribution in [0.4, 0.5) is 5.82 Å². The van der Waals surface area contributed by atoms with Gasteiger partial charge in [0.05, 0.1) is 25.1 Å². The third kappa shape index (κ3) is 5.14. The van der Waals surface area contributed by atoms with Crippen molar-refractivity contribution in [2.24, 2.45) is 0 Å². The van der Waals surface area contributed by atoms with Crippen LogP contribution in [-0.2, 0) is 25.6 Å². The van der Waals surface area contributed by atoms with E-state index in [4.69, 9.17) is 18.9 Å². The van der Waals surface area contributed by atoms with E-state index < -0.39 is 30.0 Å². The Hall–Kier alpha value is -4.97. The van der Waals surface area contributed by atoms with Gasteiger partial charge in [0.15, 0.2) is 28.8 Å². The minimum absolute atomic E-state index is 0.0762. The number of hydrogen-bond acceptors (Lipinski definition) is 9. The van der Waals surface area contributed by atoms with Crippen LogP contribution in [0.15, 0.2) is 104 Å². The number of anilines is 1. The number of nitrogens with zero attached hydrogens (tertiary/aromatic N) is 4. The molecule has 2 bridgehead atoms. The van der Waals surface area contributed by atoms with Gasteiger partial charge in [0.1, 0.15) is 25.1 Å². The summed E-state index contributed by atoms with van der Waals surface area (Å²) < 4.78 is 26.8. The molecule has 2 aliphatic heterocycles. The monoisotopic (exact) mass is 577 g/mol. The molecule has 0 saturated carbocycles. The minimum Gasteiger partial charge on any atom is -0.459 e. The predicted molar refractivity (Wildman–Crippen MR) is 154 cm³/mol. The fraction of sp³-hybridized carbons (Fsp3) is 0.219. The fourth-order valence-electron chi connectivity index (χ4n) is 5.47. The fourth-order valence-corrected chi connectivity index (χ4v) is 5.47. The van der Waals surface area contributed by atoms with Gasteiger partial charge in [-0.2, -0.15) is 0 Å². The van der Waals surface area contributed by atoms with E-state index in [-0.39, 0.29) is 24.9 Å². The first kappa shape index (κ1) is 26.9. The molecule has 0 radical (unpaired) electrons. The molecule has 5 aromatic rings. The van der Waals surface area contributed by atoms with Crippen molar-refractivity contribution in [3.63, 3.8) is 0 Å². The Balaban J connectivity index is 1.16. The number of aromatic nitrogens is 4. The molecule has 2 aromatic heterocycles. The van der Waals surface area contributed by atoms with Crippen LogP contribution in [0, 0.1) is 0 Å². The van der Waals surface area contributed by atoms with Crippen LogP contribution >= 0.6 is 0 Å². The Kier molecular flexibility index (Phi) is 7.11. The molecule has 0 unspecified atom stereocenters. The molecule has 4 atom stereocenters. The average molecular weight is 578 g/mol. The van der Waals surface area contributed by atoms with E-state index in [2.05, 4.69) is 20.3 Å². The average Bonchev–Trinajstić information content (AvgIpc) is 3.74. The first-order valence-corrected chi connectivity index (χ1v) is 13.8. The molecule has 43 heavy (non-hydrogen) atoms. The highest BCUT2D eigenvalue weighted by atomic mass is 16.7. The van der Waals surface area contributed by atoms with Crippen molar-refractivity contribution in [2.45, 2.75) is 30.6 Å². The second-order valence-electron chi connectivity index (χ2n) is 10.4. The van der Waals surface area contributed by atoms with E-state index in [1.165, 1.54) is 6.33 Å². The van der Waals surface area contributed by atoms with Crippen molar-refractivity contribution < 1.29 is 28.5 Å². The lowest BCUT2D eigenvalue weighted by molar-refractivity contribution is -0.187. The summed E-state index contributed by atoms with van der Waals surface area (Å²) in [7, 11) is 0. The molecule has 0 aliphatic carbocycles. The van der Waals surface area contributed by atoms with Gasteiger partial charge in [-0.1, -0.05) is 66.7 Å². The smallest absolute Gasteiger partial charge is 0.338 e. The number of amides is 1. The Bertz CT molecular complexity index is 1750. The highest BCUT2D eigenvalue weighted by molar-refractivity contribution is 6.06. The quantitative estimate of drug-likeness (QED) is 0.257. The number of benzene rings is 3. The molecule has 2 fully saturated rings. The third-order valence-corrected chi connectivity index (χ3v) is 7.60. The minimum atomic E-state index is -1.07. The maximum absolute atomic E-state index is 12.8. The first-order valence-electron chi connectivity index (χ1n) is 13.8. The number of rotatable bonds is 9. The molecule has 4 heterocycles. The van der Waals surface area contributed by atoms with Crippen LogP contribution in [0.2, 0.25) is 0 Å². The van der Waals surface area contributed by atoms with E-state index in [1.807, 2.05) is 42.5 Å². The van der Waals surface area contributed by atoms with Gasteiger partial charge in [-0.3, -0.25) is 9.36 Å². The van der Waals surface area contributed by atoms with E-state index in [0.717, 1.165) is 5.56 Å². The third-order valence-electron chi connectivity index (χ3n) is 7.60. The molecular weight excluding hydrogens is 550 g/mol. The lowest BCUT2D eigenvalue weighted by atomic mass is 10.00. The van der Waals surface area contributed by atoms with Gasteiger partial charge in [0.2, 0.25) is 0 Å². The zero-order valence-corrected chi connectivity index (χ0v) is 22.9. The molecular formula is C32H27N5O6. The molecule has 216 valence electrons. The Morgan fingerprint density at radius 3 is 2.35 bits per heavy atom. The zero-order valence-electron chi connectivity index (χ0n) is 22.9. The van der Waals surface area contributed by atoms with Crippen LogP contribution in [0.3, 0.4) is 0 Å². The number of carbonyl (C=O) groups is 2. The number of nitrogens with one attached hydrogen (secondary N) is 1. The molecule has 11 nitrogen and oxygen atoms in total. The van der Waals surface area contributed by atoms with Crippen LogP contribution in [0.25, 0.3) is 11.2 Å². The summed E-state index contributed by atoms with van der Waals surface area (Å²) in [5.74, 6) is -0.514. The van der Waals surface area contributed by atoms with Crippen molar-refractivity contribution in [3.05, 3.63) is 120 Å².